The summed E-state index contributed by atoms with van der Waals surface area (Å²) >= 11 is 0. The molecule has 0 bridgehead atoms. The van der Waals surface area contributed by atoms with Crippen LogP contribution < -0.4 is 5.32 Å². The van der Waals surface area contributed by atoms with Gasteiger partial charge in [-0.05, 0) is 30.2 Å². The fourth-order valence-corrected chi connectivity index (χ4v) is 3.07. The van der Waals surface area contributed by atoms with E-state index in [4.69, 9.17) is 9.84 Å². The van der Waals surface area contributed by atoms with E-state index in [1.165, 1.54) is 4.90 Å². The molecule has 1 unspecified atom stereocenters. The third-order valence-corrected chi connectivity index (χ3v) is 4.39. The van der Waals surface area contributed by atoms with Gasteiger partial charge < -0.3 is 14.7 Å². The van der Waals surface area contributed by atoms with Crippen LogP contribution in [0.15, 0.2) is 18.2 Å². The monoisotopic (exact) mass is 370 g/mol. The number of aliphatic carboxylic acids is 1. The average Bonchev–Trinajstić information content (AvgIpc) is 2.94. The molecule has 1 atom stereocenters. The lowest BCUT2D eigenvalue weighted by Crippen LogP contribution is -2.52. The first-order chi connectivity index (χ1) is 13.0. The summed E-state index contributed by atoms with van der Waals surface area (Å²) in [6.45, 7) is 0.514. The number of carboxylic acids is 1. The molecule has 2 N–H and O–H groups in total. The summed E-state index contributed by atoms with van der Waals surface area (Å²) < 4.78 is 5.10. The lowest BCUT2D eigenvalue weighted by atomic mass is 10.0. The Balaban J connectivity index is 1.63. The maximum Gasteiger partial charge on any atom is 0.305 e. The number of carboxylic acid groups (broad SMARTS) is 1. The molecule has 1 fully saturated rings. The molecule has 27 heavy (non-hydrogen) atoms. The molecule has 8 heteroatoms. The first kappa shape index (κ1) is 18.6. The van der Waals surface area contributed by atoms with Gasteiger partial charge in [0.1, 0.15) is 12.6 Å². The smallest absolute Gasteiger partial charge is 0.305 e. The molecule has 0 radical (unpaired) electrons. The second-order valence-corrected chi connectivity index (χ2v) is 6.27. The topological polar surface area (TPSA) is 113 Å². The van der Waals surface area contributed by atoms with Gasteiger partial charge in [0.15, 0.2) is 0 Å². The van der Waals surface area contributed by atoms with Crippen molar-refractivity contribution in [1.82, 2.24) is 10.2 Å². The molecule has 2 heterocycles. The van der Waals surface area contributed by atoms with Crippen LogP contribution in [0.3, 0.4) is 0 Å². The number of amides is 3. The van der Waals surface area contributed by atoms with E-state index in [-0.39, 0.29) is 37.9 Å². The Morgan fingerprint density at radius 2 is 2.15 bits per heavy atom. The van der Waals surface area contributed by atoms with E-state index in [9.17, 15) is 19.2 Å². The third kappa shape index (κ3) is 4.33. The van der Waals surface area contributed by atoms with E-state index in [1.807, 2.05) is 0 Å². The number of hydrogen-bond donors (Lipinski definition) is 2. The predicted octanol–water partition coefficient (Wildman–Crippen LogP) is 0.290. The number of carbonyl (C=O) groups is 4. The summed E-state index contributed by atoms with van der Waals surface area (Å²) in [5.41, 5.74) is 2.01. The highest BCUT2D eigenvalue weighted by Crippen LogP contribution is 2.28. The number of nitrogens with one attached hydrogen (secondary N) is 1. The number of benzene rings is 1. The molecule has 140 valence electrons. The van der Waals surface area contributed by atoms with Crippen molar-refractivity contribution in [2.24, 2.45) is 0 Å². The van der Waals surface area contributed by atoms with Crippen molar-refractivity contribution in [3.8, 4) is 11.8 Å². The van der Waals surface area contributed by atoms with E-state index in [0.29, 0.717) is 24.1 Å². The molecule has 1 saturated heterocycles. The first-order valence-corrected chi connectivity index (χ1v) is 8.51. The normalized spacial score (nSPS) is 18.6. The zero-order valence-corrected chi connectivity index (χ0v) is 14.5. The Morgan fingerprint density at radius 3 is 2.89 bits per heavy atom. The summed E-state index contributed by atoms with van der Waals surface area (Å²) in [6, 6.07) is 4.55. The molecule has 0 spiro atoms. The molecule has 8 nitrogen and oxygen atoms in total. The molecule has 1 aromatic rings. The van der Waals surface area contributed by atoms with E-state index in [2.05, 4.69) is 17.2 Å². The van der Waals surface area contributed by atoms with E-state index < -0.39 is 17.9 Å². The van der Waals surface area contributed by atoms with Crippen LogP contribution in [0.5, 0.6) is 0 Å². The zero-order chi connectivity index (χ0) is 19.4. The minimum Gasteiger partial charge on any atom is -0.481 e. The Hall–Kier alpha value is -3.18. The minimum atomic E-state index is -0.924. The second-order valence-electron chi connectivity index (χ2n) is 6.27. The van der Waals surface area contributed by atoms with Gasteiger partial charge in [0.05, 0.1) is 13.0 Å². The molecule has 2 aliphatic heterocycles. The Morgan fingerprint density at radius 1 is 1.33 bits per heavy atom. The largest absolute Gasteiger partial charge is 0.481 e. The number of carbonyl (C=O) groups excluding carboxylic acids is 3. The second kappa shape index (κ2) is 8.01. The minimum absolute atomic E-state index is 0.0706. The maximum atomic E-state index is 12.6. The van der Waals surface area contributed by atoms with Gasteiger partial charge in [0.2, 0.25) is 11.8 Å². The van der Waals surface area contributed by atoms with Gasteiger partial charge in [0.25, 0.3) is 5.91 Å². The van der Waals surface area contributed by atoms with Crippen molar-refractivity contribution < 1.29 is 29.0 Å². The highest BCUT2D eigenvalue weighted by molar-refractivity contribution is 6.05. The summed E-state index contributed by atoms with van der Waals surface area (Å²) in [5.74, 6) is 3.80. The van der Waals surface area contributed by atoms with E-state index in [0.717, 1.165) is 5.56 Å². The summed E-state index contributed by atoms with van der Waals surface area (Å²) in [5, 5.41) is 10.8. The lowest BCUT2D eigenvalue weighted by molar-refractivity contribution is -0.138. The fraction of sp³-hybridized carbons (Fsp3) is 0.368. The lowest BCUT2D eigenvalue weighted by Gasteiger charge is -2.29. The van der Waals surface area contributed by atoms with Gasteiger partial charge in [0, 0.05) is 24.1 Å². The molecule has 3 rings (SSSR count). The van der Waals surface area contributed by atoms with Gasteiger partial charge in [-0.2, -0.15) is 0 Å². The molecule has 0 aromatic heterocycles. The van der Waals surface area contributed by atoms with Gasteiger partial charge in [-0.1, -0.05) is 11.8 Å². The number of rotatable bonds is 5. The summed E-state index contributed by atoms with van der Waals surface area (Å²) in [4.78, 5) is 47.8. The van der Waals surface area contributed by atoms with Crippen molar-refractivity contribution in [2.75, 3.05) is 13.2 Å². The Kier molecular flexibility index (Phi) is 5.52. The van der Waals surface area contributed by atoms with Crippen LogP contribution in [-0.2, 0) is 25.7 Å². The summed E-state index contributed by atoms with van der Waals surface area (Å²) in [7, 11) is 0. The van der Waals surface area contributed by atoms with Crippen LogP contribution in [0.4, 0.5) is 0 Å². The van der Waals surface area contributed by atoms with Crippen molar-refractivity contribution in [3.05, 3.63) is 34.9 Å². The van der Waals surface area contributed by atoms with Gasteiger partial charge >= 0.3 is 5.97 Å². The van der Waals surface area contributed by atoms with Crippen molar-refractivity contribution in [2.45, 2.75) is 31.8 Å². The number of nitrogens with zero attached hydrogens (tertiary/aromatic N) is 1. The SMILES string of the molecule is O=C(O)CCOCC#Cc1ccc2c(c1)CN(C1CCC(=O)NC1=O)C2=O. The predicted molar refractivity (Wildman–Crippen MR) is 92.4 cm³/mol. The van der Waals surface area contributed by atoms with Crippen LogP contribution in [0.2, 0.25) is 0 Å². The quantitative estimate of drug-likeness (QED) is 0.438. The molecular weight excluding hydrogens is 352 g/mol. The number of fused-ring (bicyclic) bond motifs is 1. The van der Waals surface area contributed by atoms with Gasteiger partial charge in [-0.3, -0.25) is 24.5 Å². The molecule has 1 aromatic carbocycles. The van der Waals surface area contributed by atoms with Crippen LogP contribution in [0, 0.1) is 11.8 Å². The average molecular weight is 370 g/mol. The number of imide groups is 1. The molecule has 2 aliphatic rings. The van der Waals surface area contributed by atoms with E-state index >= 15 is 0 Å². The van der Waals surface area contributed by atoms with Crippen molar-refractivity contribution in [1.29, 1.82) is 0 Å². The number of ether oxygens (including phenoxy) is 1. The number of piperidine rings is 1. The molecule has 0 saturated carbocycles. The van der Waals surface area contributed by atoms with Crippen LogP contribution in [0.25, 0.3) is 0 Å². The zero-order valence-electron chi connectivity index (χ0n) is 14.5. The Labute approximate surface area is 155 Å². The highest BCUT2D eigenvalue weighted by Gasteiger charge is 2.38. The highest BCUT2D eigenvalue weighted by atomic mass is 16.5. The van der Waals surface area contributed by atoms with Crippen LogP contribution in [0.1, 0.15) is 40.7 Å². The standard InChI is InChI=1S/C19H18N2O6/c22-16-6-5-15(18(25)20-16)21-11-13-10-12(3-4-14(13)19(21)26)2-1-8-27-9-7-17(23)24/h3-4,10,15H,5-9,11H2,(H,23,24)(H,20,22,25). The third-order valence-electron chi connectivity index (χ3n) is 4.39. The van der Waals surface area contributed by atoms with Gasteiger partial charge in [-0.25, -0.2) is 0 Å². The maximum absolute atomic E-state index is 12.6. The number of hydrogen-bond acceptors (Lipinski definition) is 5. The first-order valence-electron chi connectivity index (χ1n) is 8.51. The van der Waals surface area contributed by atoms with Gasteiger partial charge in [-0.15, -0.1) is 0 Å². The van der Waals surface area contributed by atoms with Crippen LogP contribution in [-0.4, -0.2) is 53.0 Å². The van der Waals surface area contributed by atoms with E-state index in [1.54, 1.807) is 18.2 Å². The van der Waals surface area contributed by atoms with Crippen LogP contribution >= 0.6 is 0 Å². The van der Waals surface area contributed by atoms with Crippen molar-refractivity contribution in [3.63, 3.8) is 0 Å². The Bertz CT molecular complexity index is 867. The van der Waals surface area contributed by atoms with Crippen molar-refractivity contribution >= 4 is 23.7 Å². The fourth-order valence-electron chi connectivity index (χ4n) is 3.07. The molecule has 3 amide bonds. The molecule has 0 aliphatic carbocycles. The summed E-state index contributed by atoms with van der Waals surface area (Å²) in [6.07, 6.45) is 0.471. The molecular formula is C19H18N2O6.